The molecule has 1 unspecified atom stereocenters. The summed E-state index contributed by atoms with van der Waals surface area (Å²) in [6.07, 6.45) is 7.24. The molecule has 2 aliphatic rings. The topological polar surface area (TPSA) is 40.6 Å². The molecule has 1 aliphatic heterocycles. The molecule has 34 heavy (non-hydrogen) atoms. The molecule has 2 amide bonds. The molecule has 1 saturated heterocycles. The molecule has 2 fully saturated rings. The fourth-order valence-corrected chi connectivity index (χ4v) is 5.71. The minimum atomic E-state index is -0.376. The van der Waals surface area contributed by atoms with Crippen molar-refractivity contribution in [1.29, 1.82) is 0 Å². The Kier molecular flexibility index (Phi) is 6.94. The van der Waals surface area contributed by atoms with Gasteiger partial charge in [0, 0.05) is 26.1 Å². The average Bonchev–Trinajstić information content (AvgIpc) is 3.23. The van der Waals surface area contributed by atoms with Gasteiger partial charge in [0.05, 0.1) is 0 Å². The normalized spacial score (nSPS) is 19.0. The van der Waals surface area contributed by atoms with E-state index >= 15 is 0 Å². The van der Waals surface area contributed by atoms with Crippen molar-refractivity contribution in [2.75, 3.05) is 6.54 Å². The van der Waals surface area contributed by atoms with Gasteiger partial charge in [-0.15, -0.1) is 0 Å². The lowest BCUT2D eigenvalue weighted by Gasteiger charge is -2.31. The highest BCUT2D eigenvalue weighted by molar-refractivity contribution is 5.90. The molecule has 0 bridgehead atoms. The summed E-state index contributed by atoms with van der Waals surface area (Å²) in [6, 6.07) is 24.3. The van der Waals surface area contributed by atoms with Gasteiger partial charge in [0.1, 0.15) is 6.04 Å². The number of likely N-dealkylation sites (tertiary alicyclic amines) is 1. The minimum absolute atomic E-state index is 0.0843. The number of hydrogen-bond acceptors (Lipinski definition) is 2. The molecular formula is C30H34N2O2. The predicted octanol–water partition coefficient (Wildman–Crippen LogP) is 5.94. The Hall–Kier alpha value is -3.14. The van der Waals surface area contributed by atoms with Crippen LogP contribution >= 0.6 is 0 Å². The zero-order chi connectivity index (χ0) is 23.3. The predicted molar refractivity (Wildman–Crippen MR) is 136 cm³/mol. The summed E-state index contributed by atoms with van der Waals surface area (Å²) in [7, 11) is 0. The van der Waals surface area contributed by atoms with Gasteiger partial charge in [-0.2, -0.15) is 0 Å². The minimum Gasteiger partial charge on any atom is -0.336 e. The van der Waals surface area contributed by atoms with E-state index < -0.39 is 0 Å². The Morgan fingerprint density at radius 2 is 1.59 bits per heavy atom. The van der Waals surface area contributed by atoms with Gasteiger partial charge in [0.25, 0.3) is 0 Å². The van der Waals surface area contributed by atoms with Crippen LogP contribution in [0.1, 0.15) is 56.1 Å². The number of fused-ring (bicyclic) bond motifs is 1. The number of nitrogens with zero attached hydrogens (tertiary/aromatic N) is 2. The Morgan fingerprint density at radius 1 is 0.853 bits per heavy atom. The van der Waals surface area contributed by atoms with Crippen molar-refractivity contribution in [1.82, 2.24) is 9.80 Å². The van der Waals surface area contributed by atoms with Gasteiger partial charge >= 0.3 is 0 Å². The molecule has 0 aromatic heterocycles. The SMILES string of the molecule is O=C1C(N(Cc2cccc3ccccc23)C(=O)CC2CCCCC2)CCN1Cc1ccccc1. The van der Waals surface area contributed by atoms with Gasteiger partial charge in [0.15, 0.2) is 0 Å². The largest absolute Gasteiger partial charge is 0.336 e. The van der Waals surface area contributed by atoms with Crippen LogP contribution in [0.2, 0.25) is 0 Å². The van der Waals surface area contributed by atoms with E-state index in [9.17, 15) is 9.59 Å². The van der Waals surface area contributed by atoms with Crippen LogP contribution in [0.15, 0.2) is 72.8 Å². The lowest BCUT2D eigenvalue weighted by Crippen LogP contribution is -2.45. The van der Waals surface area contributed by atoms with Crippen molar-refractivity contribution in [3.05, 3.63) is 83.9 Å². The Morgan fingerprint density at radius 3 is 2.41 bits per heavy atom. The summed E-state index contributed by atoms with van der Waals surface area (Å²) in [5.41, 5.74) is 2.25. The molecule has 3 aromatic rings. The number of hydrogen-bond donors (Lipinski definition) is 0. The van der Waals surface area contributed by atoms with Crippen LogP contribution in [0.4, 0.5) is 0 Å². The van der Waals surface area contributed by atoms with E-state index in [2.05, 4.69) is 42.5 Å². The molecule has 4 nitrogen and oxygen atoms in total. The van der Waals surface area contributed by atoms with Crippen molar-refractivity contribution in [3.63, 3.8) is 0 Å². The standard InChI is InChI=1S/C30H34N2O2/c33-29(20-23-10-3-1-4-11-23)32(22-26-16-9-15-25-14-7-8-17-27(25)26)28-18-19-31(30(28)34)21-24-12-5-2-6-13-24/h2,5-9,12-17,23,28H,1,3-4,10-11,18-22H2. The number of rotatable bonds is 7. The van der Waals surface area contributed by atoms with E-state index in [-0.39, 0.29) is 17.9 Å². The molecule has 176 valence electrons. The summed E-state index contributed by atoms with van der Waals surface area (Å²) >= 11 is 0. The van der Waals surface area contributed by atoms with E-state index in [1.807, 2.05) is 40.1 Å². The van der Waals surface area contributed by atoms with Crippen LogP contribution in [-0.2, 0) is 22.7 Å². The van der Waals surface area contributed by atoms with Crippen LogP contribution in [0.25, 0.3) is 10.8 Å². The number of carbonyl (C=O) groups is 2. The fraction of sp³-hybridized carbons (Fsp3) is 0.400. The monoisotopic (exact) mass is 454 g/mol. The third-order valence-corrected chi connectivity index (χ3v) is 7.59. The second-order valence-electron chi connectivity index (χ2n) is 9.92. The second kappa shape index (κ2) is 10.4. The summed E-state index contributed by atoms with van der Waals surface area (Å²) in [5, 5.41) is 2.33. The quantitative estimate of drug-likeness (QED) is 0.443. The van der Waals surface area contributed by atoms with Gasteiger partial charge in [-0.3, -0.25) is 9.59 Å². The first-order valence-electron chi connectivity index (χ1n) is 12.8. The molecule has 3 aromatic carbocycles. The molecule has 1 atom stereocenters. The van der Waals surface area contributed by atoms with Crippen LogP contribution in [0.3, 0.4) is 0 Å². The maximum Gasteiger partial charge on any atom is 0.245 e. The lowest BCUT2D eigenvalue weighted by atomic mass is 9.86. The molecule has 1 aliphatic carbocycles. The van der Waals surface area contributed by atoms with Gasteiger partial charge in [-0.05, 0) is 47.1 Å². The van der Waals surface area contributed by atoms with E-state index in [0.717, 1.165) is 29.4 Å². The van der Waals surface area contributed by atoms with Crippen LogP contribution in [0, 0.1) is 5.92 Å². The zero-order valence-electron chi connectivity index (χ0n) is 19.9. The number of amides is 2. The van der Waals surface area contributed by atoms with E-state index in [1.165, 1.54) is 24.6 Å². The molecule has 1 saturated carbocycles. The Bertz CT molecular complexity index is 1130. The fourth-order valence-electron chi connectivity index (χ4n) is 5.71. The third-order valence-electron chi connectivity index (χ3n) is 7.59. The maximum atomic E-state index is 13.7. The van der Waals surface area contributed by atoms with Gasteiger partial charge in [0.2, 0.25) is 11.8 Å². The summed E-state index contributed by atoms with van der Waals surface area (Å²) in [5.74, 6) is 0.675. The van der Waals surface area contributed by atoms with Crippen molar-refractivity contribution in [2.24, 2.45) is 5.92 Å². The lowest BCUT2D eigenvalue weighted by molar-refractivity contribution is -0.143. The van der Waals surface area contributed by atoms with Crippen LogP contribution < -0.4 is 0 Å². The molecular weight excluding hydrogens is 420 g/mol. The molecule has 0 N–H and O–H groups in total. The van der Waals surface area contributed by atoms with Gasteiger partial charge in [-0.1, -0.05) is 92.1 Å². The summed E-state index contributed by atoms with van der Waals surface area (Å²) in [4.78, 5) is 31.1. The summed E-state index contributed by atoms with van der Waals surface area (Å²) in [6.45, 7) is 1.79. The molecule has 0 radical (unpaired) electrons. The number of benzene rings is 3. The van der Waals surface area contributed by atoms with Gasteiger partial charge < -0.3 is 9.80 Å². The van der Waals surface area contributed by atoms with Crippen molar-refractivity contribution in [2.45, 2.75) is 64.1 Å². The maximum absolute atomic E-state index is 13.7. The van der Waals surface area contributed by atoms with Crippen molar-refractivity contribution < 1.29 is 9.59 Å². The average molecular weight is 455 g/mol. The molecule has 0 spiro atoms. The van der Waals surface area contributed by atoms with Crippen molar-refractivity contribution >= 4 is 22.6 Å². The first kappa shape index (κ1) is 22.6. The highest BCUT2D eigenvalue weighted by atomic mass is 16.2. The highest BCUT2D eigenvalue weighted by Crippen LogP contribution is 2.30. The van der Waals surface area contributed by atoms with E-state index in [4.69, 9.17) is 0 Å². The van der Waals surface area contributed by atoms with Gasteiger partial charge in [-0.25, -0.2) is 0 Å². The number of carbonyl (C=O) groups excluding carboxylic acids is 2. The zero-order valence-corrected chi connectivity index (χ0v) is 19.9. The Balaban J connectivity index is 1.39. The van der Waals surface area contributed by atoms with E-state index in [1.54, 1.807) is 0 Å². The second-order valence-corrected chi connectivity index (χ2v) is 9.92. The molecule has 1 heterocycles. The third kappa shape index (κ3) is 5.01. The first-order valence-corrected chi connectivity index (χ1v) is 12.8. The first-order chi connectivity index (χ1) is 16.7. The smallest absolute Gasteiger partial charge is 0.245 e. The van der Waals surface area contributed by atoms with E-state index in [0.29, 0.717) is 38.4 Å². The van der Waals surface area contributed by atoms with Crippen molar-refractivity contribution in [3.8, 4) is 0 Å². The Labute approximate surface area is 202 Å². The van der Waals surface area contributed by atoms with Crippen LogP contribution in [0.5, 0.6) is 0 Å². The molecule has 4 heteroatoms. The molecule has 5 rings (SSSR count). The highest BCUT2D eigenvalue weighted by Gasteiger charge is 2.38. The summed E-state index contributed by atoms with van der Waals surface area (Å²) < 4.78 is 0. The van der Waals surface area contributed by atoms with Crippen LogP contribution in [-0.4, -0.2) is 34.2 Å².